The minimum absolute atomic E-state index is 0.0102. The number of anilines is 1. The van der Waals surface area contributed by atoms with Gasteiger partial charge in [-0.25, -0.2) is 0 Å². The van der Waals surface area contributed by atoms with Crippen molar-refractivity contribution in [2.45, 2.75) is 26.8 Å². The molecule has 0 aromatic carbocycles. The predicted octanol–water partition coefficient (Wildman–Crippen LogP) is 2.60. The topological polar surface area (TPSA) is 63.9 Å². The van der Waals surface area contributed by atoms with Crippen molar-refractivity contribution < 1.29 is 4.79 Å². The Labute approximate surface area is 147 Å². The quantitative estimate of drug-likeness (QED) is 0.719. The van der Waals surface area contributed by atoms with Gasteiger partial charge in [0.05, 0.1) is 24.4 Å². The lowest BCUT2D eigenvalue weighted by molar-refractivity contribution is -0.118. The summed E-state index contributed by atoms with van der Waals surface area (Å²) in [6.45, 7) is 4.34. The lowest BCUT2D eigenvalue weighted by Crippen LogP contribution is -2.32. The van der Waals surface area contributed by atoms with Crippen LogP contribution in [0, 0.1) is 13.8 Å². The van der Waals surface area contributed by atoms with Crippen LogP contribution in [0.5, 0.6) is 0 Å². The summed E-state index contributed by atoms with van der Waals surface area (Å²) >= 11 is 0. The second kappa shape index (κ2) is 7.25. The van der Waals surface area contributed by atoms with E-state index >= 15 is 0 Å². The molecule has 1 amide bonds. The highest BCUT2D eigenvalue weighted by Crippen LogP contribution is 2.19. The first-order valence-electron chi connectivity index (χ1n) is 8.15. The van der Waals surface area contributed by atoms with E-state index in [1.807, 2.05) is 55.9 Å². The van der Waals surface area contributed by atoms with Crippen molar-refractivity contribution in [2.75, 3.05) is 4.90 Å². The normalized spacial score (nSPS) is 10.7. The van der Waals surface area contributed by atoms with Gasteiger partial charge in [0.2, 0.25) is 5.91 Å². The Hall–Kier alpha value is -3.02. The van der Waals surface area contributed by atoms with Crippen LogP contribution in [0.1, 0.15) is 22.6 Å². The number of carbonyl (C=O) groups excluding carboxylic acids is 1. The van der Waals surface area contributed by atoms with Gasteiger partial charge in [-0.3, -0.25) is 19.4 Å². The average Bonchev–Trinajstić information content (AvgIpc) is 2.87. The molecule has 0 bridgehead atoms. The van der Waals surface area contributed by atoms with Gasteiger partial charge >= 0.3 is 0 Å². The van der Waals surface area contributed by atoms with Crippen LogP contribution in [0.4, 0.5) is 5.69 Å². The molecule has 0 radical (unpaired) electrons. The molecule has 0 aliphatic rings. The minimum Gasteiger partial charge on any atom is -0.306 e. The third-order valence-electron chi connectivity index (χ3n) is 4.31. The van der Waals surface area contributed by atoms with E-state index in [1.54, 1.807) is 23.5 Å². The molecule has 3 heterocycles. The van der Waals surface area contributed by atoms with E-state index in [1.165, 1.54) is 0 Å². The predicted molar refractivity (Wildman–Crippen MR) is 96.1 cm³/mol. The lowest BCUT2D eigenvalue weighted by Gasteiger charge is -2.22. The fraction of sp³-hybridized carbons (Fsp3) is 0.263. The zero-order valence-electron chi connectivity index (χ0n) is 14.7. The van der Waals surface area contributed by atoms with Crippen LogP contribution in [0.2, 0.25) is 0 Å². The molecule has 0 saturated heterocycles. The first-order valence-corrected chi connectivity index (χ1v) is 8.15. The fourth-order valence-corrected chi connectivity index (χ4v) is 2.82. The third kappa shape index (κ3) is 3.74. The number of hydrogen-bond acceptors (Lipinski definition) is 4. The average molecular weight is 335 g/mol. The second-order valence-corrected chi connectivity index (χ2v) is 5.96. The van der Waals surface area contributed by atoms with Crippen LogP contribution in [0.25, 0.3) is 0 Å². The van der Waals surface area contributed by atoms with E-state index in [0.29, 0.717) is 13.0 Å². The number of rotatable bonds is 5. The third-order valence-corrected chi connectivity index (χ3v) is 4.31. The molecule has 0 fully saturated rings. The second-order valence-electron chi connectivity index (χ2n) is 5.96. The maximum atomic E-state index is 13.1. The van der Waals surface area contributed by atoms with Gasteiger partial charge in [-0.2, -0.15) is 5.10 Å². The van der Waals surface area contributed by atoms with Gasteiger partial charge in [-0.15, -0.1) is 0 Å². The van der Waals surface area contributed by atoms with Crippen LogP contribution in [0.3, 0.4) is 0 Å². The van der Waals surface area contributed by atoms with Gasteiger partial charge in [-0.1, -0.05) is 6.07 Å². The molecule has 0 aliphatic heterocycles. The van der Waals surface area contributed by atoms with Gasteiger partial charge in [-0.05, 0) is 38.1 Å². The molecule has 0 N–H and O–H groups in total. The number of nitrogens with zero attached hydrogens (tertiary/aromatic N) is 5. The molecular formula is C19H21N5O. The van der Waals surface area contributed by atoms with Gasteiger partial charge in [0.15, 0.2) is 0 Å². The summed E-state index contributed by atoms with van der Waals surface area (Å²) in [5.41, 5.74) is 4.53. The van der Waals surface area contributed by atoms with Gasteiger partial charge in [0.25, 0.3) is 0 Å². The summed E-state index contributed by atoms with van der Waals surface area (Å²) < 4.78 is 1.81. The first-order chi connectivity index (χ1) is 12.1. The maximum Gasteiger partial charge on any atom is 0.231 e. The Bertz CT molecular complexity index is 858. The van der Waals surface area contributed by atoms with E-state index in [0.717, 1.165) is 28.3 Å². The highest BCUT2D eigenvalue weighted by molar-refractivity contribution is 5.94. The monoisotopic (exact) mass is 335 g/mol. The number of aryl methyl sites for hydroxylation is 2. The molecule has 3 rings (SSSR count). The van der Waals surface area contributed by atoms with Gasteiger partial charge < -0.3 is 4.90 Å². The largest absolute Gasteiger partial charge is 0.306 e. The Morgan fingerprint density at radius 3 is 2.48 bits per heavy atom. The molecule has 3 aromatic rings. The van der Waals surface area contributed by atoms with E-state index in [4.69, 9.17) is 0 Å². The minimum atomic E-state index is 0.0102. The molecule has 0 saturated carbocycles. The Kier molecular flexibility index (Phi) is 4.88. The molecule has 128 valence electrons. The number of carbonyl (C=O) groups is 1. The first kappa shape index (κ1) is 16.8. The smallest absolute Gasteiger partial charge is 0.231 e. The van der Waals surface area contributed by atoms with E-state index in [2.05, 4.69) is 15.1 Å². The molecule has 6 heteroatoms. The Morgan fingerprint density at radius 1 is 1.12 bits per heavy atom. The van der Waals surface area contributed by atoms with Crippen molar-refractivity contribution >= 4 is 11.6 Å². The van der Waals surface area contributed by atoms with Crippen molar-refractivity contribution in [1.82, 2.24) is 19.7 Å². The highest BCUT2D eigenvalue weighted by atomic mass is 16.2. The summed E-state index contributed by atoms with van der Waals surface area (Å²) in [6, 6.07) is 9.38. The van der Waals surface area contributed by atoms with Crippen molar-refractivity contribution in [3.8, 4) is 0 Å². The summed E-state index contributed by atoms with van der Waals surface area (Å²) in [5.74, 6) is 0.0102. The maximum absolute atomic E-state index is 13.1. The SMILES string of the molecule is Cc1nn(C)c(C)c1CC(=O)N(Cc1ccccn1)c1ccncc1. The fourth-order valence-electron chi connectivity index (χ4n) is 2.82. The standard InChI is InChI=1S/C19H21N5O/c1-14-18(15(2)23(3)22-14)12-19(25)24(17-7-10-20-11-8-17)13-16-6-4-5-9-21-16/h4-11H,12-13H2,1-3H3. The van der Waals surface area contributed by atoms with E-state index in [-0.39, 0.29) is 5.91 Å². The summed E-state index contributed by atoms with van der Waals surface area (Å²) in [5, 5.41) is 4.40. The molecule has 3 aromatic heterocycles. The van der Waals surface area contributed by atoms with Crippen LogP contribution >= 0.6 is 0 Å². The van der Waals surface area contributed by atoms with Crippen molar-refractivity contribution in [3.63, 3.8) is 0 Å². The zero-order valence-corrected chi connectivity index (χ0v) is 14.7. The lowest BCUT2D eigenvalue weighted by atomic mass is 10.1. The van der Waals surface area contributed by atoms with Gasteiger partial charge in [0.1, 0.15) is 0 Å². The van der Waals surface area contributed by atoms with Crippen LogP contribution < -0.4 is 4.90 Å². The Morgan fingerprint density at radius 2 is 1.88 bits per heavy atom. The molecule has 25 heavy (non-hydrogen) atoms. The van der Waals surface area contributed by atoms with E-state index < -0.39 is 0 Å². The number of aromatic nitrogens is 4. The summed E-state index contributed by atoms with van der Waals surface area (Å²) in [6.07, 6.45) is 5.42. The van der Waals surface area contributed by atoms with Crippen molar-refractivity contribution in [1.29, 1.82) is 0 Å². The molecular weight excluding hydrogens is 314 g/mol. The van der Waals surface area contributed by atoms with Crippen LogP contribution in [0.15, 0.2) is 48.9 Å². The molecule has 0 unspecified atom stereocenters. The zero-order chi connectivity index (χ0) is 17.8. The van der Waals surface area contributed by atoms with E-state index in [9.17, 15) is 4.79 Å². The van der Waals surface area contributed by atoms with Gasteiger partial charge in [0, 0.05) is 42.6 Å². The van der Waals surface area contributed by atoms with Crippen LogP contribution in [-0.4, -0.2) is 25.7 Å². The van der Waals surface area contributed by atoms with Crippen molar-refractivity contribution in [3.05, 3.63) is 71.6 Å². The molecule has 0 spiro atoms. The van der Waals surface area contributed by atoms with Crippen molar-refractivity contribution in [2.24, 2.45) is 7.05 Å². The number of pyridine rings is 2. The van der Waals surface area contributed by atoms with Crippen LogP contribution in [-0.2, 0) is 24.8 Å². The number of amides is 1. The summed E-state index contributed by atoms with van der Waals surface area (Å²) in [7, 11) is 1.89. The highest BCUT2D eigenvalue weighted by Gasteiger charge is 2.20. The number of hydrogen-bond donors (Lipinski definition) is 0. The summed E-state index contributed by atoms with van der Waals surface area (Å²) in [4.78, 5) is 23.2. The Balaban J connectivity index is 1.89. The molecule has 0 atom stereocenters. The molecule has 0 aliphatic carbocycles. The molecule has 6 nitrogen and oxygen atoms in total.